The first-order valence-corrected chi connectivity index (χ1v) is 14.5. The summed E-state index contributed by atoms with van der Waals surface area (Å²) in [6.07, 6.45) is 7.24. The quantitative estimate of drug-likeness (QED) is 0.216. The number of para-hydroxylation sites is 1. The molecule has 0 amide bonds. The van der Waals surface area contributed by atoms with E-state index in [1.807, 2.05) is 60.9 Å². The topological polar surface area (TPSA) is 72.0 Å². The molecule has 4 aromatic heterocycles. The van der Waals surface area contributed by atoms with E-state index in [1.165, 1.54) is 17.5 Å². The van der Waals surface area contributed by atoms with Crippen LogP contribution in [0.3, 0.4) is 0 Å². The minimum atomic E-state index is 0.652. The molecule has 5 aromatic rings. The van der Waals surface area contributed by atoms with Crippen LogP contribution in [-0.2, 0) is 6.42 Å². The second-order valence-electron chi connectivity index (χ2n) is 8.66. The van der Waals surface area contributed by atoms with Crippen LogP contribution >= 0.6 is 34.4 Å². The first-order valence-electron chi connectivity index (χ1n) is 12.0. The Bertz CT molecular complexity index is 1450. The fraction of sp³-hybridized carbons (Fsp3) is 0.222. The first-order chi connectivity index (χ1) is 17.8. The fourth-order valence-corrected chi connectivity index (χ4v) is 6.88. The molecule has 0 spiro atoms. The van der Waals surface area contributed by atoms with E-state index in [0.29, 0.717) is 17.5 Å². The summed E-state index contributed by atoms with van der Waals surface area (Å²) in [6.45, 7) is 2.20. The van der Waals surface area contributed by atoms with E-state index in [2.05, 4.69) is 26.4 Å². The monoisotopic (exact) mass is 531 g/mol. The van der Waals surface area contributed by atoms with Crippen molar-refractivity contribution in [3.8, 4) is 11.5 Å². The van der Waals surface area contributed by atoms with Crippen LogP contribution in [-0.4, -0.2) is 28.0 Å². The average molecular weight is 532 g/mol. The number of ether oxygens (including phenoxy) is 1. The second-order valence-corrected chi connectivity index (χ2v) is 11.6. The summed E-state index contributed by atoms with van der Waals surface area (Å²) in [5, 5.41) is 11.9. The van der Waals surface area contributed by atoms with Gasteiger partial charge in [0.25, 0.3) is 0 Å². The third kappa shape index (κ3) is 5.54. The Balaban J connectivity index is 1.25. The van der Waals surface area contributed by atoms with Crippen LogP contribution in [0.15, 0.2) is 81.5 Å². The van der Waals surface area contributed by atoms with E-state index in [4.69, 9.17) is 14.7 Å². The highest BCUT2D eigenvalue weighted by molar-refractivity contribution is 7.99. The number of anilines is 2. The van der Waals surface area contributed by atoms with Crippen LogP contribution in [0.1, 0.15) is 18.5 Å². The van der Waals surface area contributed by atoms with Gasteiger partial charge in [-0.2, -0.15) is 0 Å². The zero-order valence-electron chi connectivity index (χ0n) is 19.5. The predicted molar refractivity (Wildman–Crippen MR) is 149 cm³/mol. The van der Waals surface area contributed by atoms with Gasteiger partial charge in [0, 0.05) is 33.6 Å². The summed E-state index contributed by atoms with van der Waals surface area (Å²) in [5.41, 5.74) is 2.15. The maximum Gasteiger partial charge on any atom is 0.188 e. The zero-order valence-corrected chi connectivity index (χ0v) is 22.0. The van der Waals surface area contributed by atoms with Crippen molar-refractivity contribution in [2.24, 2.45) is 5.92 Å². The highest BCUT2D eigenvalue weighted by atomic mass is 32.2. The number of rotatable bonds is 8. The number of hydrogen-bond donors (Lipinski definition) is 2. The Kier molecular flexibility index (Phi) is 7.13. The number of pyridine rings is 2. The third-order valence-corrected chi connectivity index (χ3v) is 8.90. The maximum absolute atomic E-state index is 6.28. The molecule has 1 aromatic carbocycles. The predicted octanol–water partition coefficient (Wildman–Crippen LogP) is 7.38. The molecule has 2 N–H and O–H groups in total. The van der Waals surface area contributed by atoms with Crippen LogP contribution in [0.25, 0.3) is 10.2 Å². The van der Waals surface area contributed by atoms with Gasteiger partial charge in [-0.05, 0) is 67.9 Å². The third-order valence-electron chi connectivity index (χ3n) is 6.01. The molecule has 6 nitrogen and oxygen atoms in total. The molecule has 0 radical (unpaired) electrons. The van der Waals surface area contributed by atoms with Crippen molar-refractivity contribution in [3.05, 3.63) is 77.4 Å². The molecule has 5 heterocycles. The Labute approximate surface area is 222 Å². The number of nitrogens with zero attached hydrogens (tertiary/aromatic N) is 3. The molecule has 1 aliphatic heterocycles. The molecule has 1 saturated heterocycles. The lowest BCUT2D eigenvalue weighted by molar-refractivity contribution is 0.374. The lowest BCUT2D eigenvalue weighted by Gasteiger charge is -2.21. The summed E-state index contributed by atoms with van der Waals surface area (Å²) >= 11 is 4.98. The van der Waals surface area contributed by atoms with Crippen LogP contribution in [0.5, 0.6) is 11.5 Å². The van der Waals surface area contributed by atoms with Gasteiger partial charge in [-0.25, -0.2) is 9.97 Å². The molecule has 0 aliphatic carbocycles. The number of thiazole rings is 1. The second kappa shape index (κ2) is 11.0. The fourth-order valence-electron chi connectivity index (χ4n) is 4.28. The highest BCUT2D eigenvalue weighted by Gasteiger charge is 2.17. The molecule has 1 fully saturated rings. The molecular weight excluding hydrogens is 507 g/mol. The molecule has 1 aliphatic rings. The SMILES string of the molecule is c1ccc(Oc2cc(Sc3ccnc4ccsc34)cnc2Nc2nc(CC3CCCNC3)cs2)cc1. The summed E-state index contributed by atoms with van der Waals surface area (Å²) in [4.78, 5) is 16.2. The number of thiophene rings is 1. The van der Waals surface area contributed by atoms with Crippen molar-refractivity contribution < 1.29 is 4.74 Å². The Morgan fingerprint density at radius 2 is 2.06 bits per heavy atom. The van der Waals surface area contributed by atoms with Gasteiger partial charge in [-0.1, -0.05) is 30.0 Å². The molecular formula is C27H25N5OS3. The molecule has 1 atom stereocenters. The smallest absolute Gasteiger partial charge is 0.188 e. The lowest BCUT2D eigenvalue weighted by atomic mass is 9.95. The van der Waals surface area contributed by atoms with Crippen molar-refractivity contribution in [1.82, 2.24) is 20.3 Å². The summed E-state index contributed by atoms with van der Waals surface area (Å²) < 4.78 is 7.46. The molecule has 0 saturated carbocycles. The van der Waals surface area contributed by atoms with E-state index < -0.39 is 0 Å². The zero-order chi connectivity index (χ0) is 24.2. The van der Waals surface area contributed by atoms with Crippen molar-refractivity contribution in [3.63, 3.8) is 0 Å². The summed E-state index contributed by atoms with van der Waals surface area (Å²) in [6, 6.07) is 15.9. The van der Waals surface area contributed by atoms with Crippen molar-refractivity contribution in [2.45, 2.75) is 29.1 Å². The lowest BCUT2D eigenvalue weighted by Crippen LogP contribution is -2.30. The van der Waals surface area contributed by atoms with Crippen LogP contribution in [0.2, 0.25) is 0 Å². The Morgan fingerprint density at radius 1 is 1.11 bits per heavy atom. The highest BCUT2D eigenvalue weighted by Crippen LogP contribution is 2.39. The first kappa shape index (κ1) is 23.4. The van der Waals surface area contributed by atoms with Crippen LogP contribution < -0.4 is 15.4 Å². The van der Waals surface area contributed by atoms with E-state index in [0.717, 1.165) is 51.4 Å². The van der Waals surface area contributed by atoms with Gasteiger partial charge in [-0.3, -0.25) is 4.98 Å². The largest absolute Gasteiger partial charge is 0.453 e. The summed E-state index contributed by atoms with van der Waals surface area (Å²) in [5.74, 6) is 2.73. The minimum Gasteiger partial charge on any atom is -0.453 e. The van der Waals surface area contributed by atoms with Gasteiger partial charge in [0.05, 0.1) is 15.9 Å². The number of hydrogen-bond acceptors (Lipinski definition) is 9. The number of nitrogens with one attached hydrogen (secondary N) is 2. The normalized spacial score (nSPS) is 15.7. The number of benzene rings is 1. The van der Waals surface area contributed by atoms with E-state index >= 15 is 0 Å². The molecule has 182 valence electrons. The van der Waals surface area contributed by atoms with Gasteiger partial charge in [0.15, 0.2) is 16.7 Å². The van der Waals surface area contributed by atoms with Crippen LogP contribution in [0, 0.1) is 5.92 Å². The number of fused-ring (bicyclic) bond motifs is 1. The standard InChI is InChI=1S/C27H25N5OS3/c1-2-6-20(7-3-1)33-23-14-21(36-24-8-11-29-22-9-12-34-25(22)24)16-30-26(23)32-27-31-19(17-35-27)13-18-5-4-10-28-15-18/h1-3,6-9,11-12,14,16-18,28H,4-5,10,13,15H2,(H,30,31,32). The van der Waals surface area contributed by atoms with Crippen molar-refractivity contribution >= 4 is 55.6 Å². The Hall–Kier alpha value is -2.98. The van der Waals surface area contributed by atoms with E-state index in [1.54, 1.807) is 34.4 Å². The summed E-state index contributed by atoms with van der Waals surface area (Å²) in [7, 11) is 0. The average Bonchev–Trinajstić information content (AvgIpc) is 3.57. The minimum absolute atomic E-state index is 0.652. The molecule has 6 rings (SSSR count). The van der Waals surface area contributed by atoms with Crippen molar-refractivity contribution in [1.29, 1.82) is 0 Å². The van der Waals surface area contributed by atoms with Gasteiger partial charge in [0.1, 0.15) is 5.75 Å². The van der Waals surface area contributed by atoms with Gasteiger partial charge >= 0.3 is 0 Å². The molecule has 1 unspecified atom stereocenters. The maximum atomic E-state index is 6.28. The van der Waals surface area contributed by atoms with Gasteiger partial charge in [-0.15, -0.1) is 22.7 Å². The number of piperidine rings is 1. The van der Waals surface area contributed by atoms with E-state index in [9.17, 15) is 0 Å². The molecule has 9 heteroatoms. The van der Waals surface area contributed by atoms with Gasteiger partial charge in [0.2, 0.25) is 0 Å². The number of aromatic nitrogens is 3. The van der Waals surface area contributed by atoms with Crippen LogP contribution in [0.4, 0.5) is 10.9 Å². The van der Waals surface area contributed by atoms with Crippen molar-refractivity contribution in [2.75, 3.05) is 18.4 Å². The Morgan fingerprint density at radius 3 is 2.94 bits per heavy atom. The molecule has 36 heavy (non-hydrogen) atoms. The van der Waals surface area contributed by atoms with Gasteiger partial charge < -0.3 is 15.4 Å². The van der Waals surface area contributed by atoms with E-state index in [-0.39, 0.29) is 0 Å². The molecule has 0 bridgehead atoms.